The Labute approximate surface area is 144 Å². The van der Waals surface area contributed by atoms with Gasteiger partial charge in [-0.1, -0.05) is 55.9 Å². The molecule has 0 bridgehead atoms. The molecule has 0 heterocycles. The summed E-state index contributed by atoms with van der Waals surface area (Å²) in [7, 11) is -3.72. The molecule has 0 aliphatic heterocycles. The van der Waals surface area contributed by atoms with Crippen LogP contribution in [-0.4, -0.2) is 16.6 Å². The summed E-state index contributed by atoms with van der Waals surface area (Å²) in [6.07, 6.45) is 0. The fraction of sp³-hybridized carbons (Fsp3) is 1.00. The van der Waals surface area contributed by atoms with Crippen molar-refractivity contribution >= 4 is 16.6 Å². The Kier molecular flexibility index (Phi) is 21.3. The van der Waals surface area contributed by atoms with Crippen LogP contribution >= 0.6 is 0 Å². The summed E-state index contributed by atoms with van der Waals surface area (Å²) in [6, 6.07) is 0. The van der Waals surface area contributed by atoms with E-state index in [0.717, 1.165) is 0 Å². The first-order valence-electron chi connectivity index (χ1n) is 3.41. The third-order valence-electron chi connectivity index (χ3n) is 0. The van der Waals surface area contributed by atoms with Crippen LogP contribution in [0.2, 0.25) is 39.3 Å². The Morgan fingerprint density at radius 2 is 0.667 bits per heavy atom. The van der Waals surface area contributed by atoms with Gasteiger partial charge in [0.2, 0.25) is 0 Å². The molecule has 2 nitrogen and oxygen atoms in total. The van der Waals surface area contributed by atoms with E-state index in [0.29, 0.717) is 0 Å². The summed E-state index contributed by atoms with van der Waals surface area (Å²) in [6.45, 7) is 10.6. The van der Waals surface area contributed by atoms with Gasteiger partial charge in [-0.15, -0.1) is 0 Å². The van der Waals surface area contributed by atoms with E-state index in [1.807, 2.05) is 0 Å². The van der Waals surface area contributed by atoms with E-state index in [1.165, 1.54) is 0 Å². The Morgan fingerprint density at radius 1 is 0.667 bits per heavy atom. The molecule has 0 saturated heterocycles. The average Bonchev–Trinajstić information content (AvgIpc) is 1.12. The number of hydrogen-bond donors (Lipinski definition) is 0. The van der Waals surface area contributed by atoms with Gasteiger partial charge in [-0.2, -0.15) is 0 Å². The summed E-state index contributed by atoms with van der Waals surface area (Å²) in [5, 5.41) is 0. The maximum absolute atomic E-state index is 10.2. The molecule has 0 N–H and O–H groups in total. The molecule has 0 aromatic heterocycles. The molecule has 0 aromatic rings. The molecular weight excluding hydrogens is 222 g/mol. The van der Waals surface area contributed by atoms with Crippen LogP contribution in [0.25, 0.3) is 0 Å². The van der Waals surface area contributed by atoms with Crippen molar-refractivity contribution in [2.75, 3.05) is 0 Å². The normalized spacial score (nSPS) is 10.0. The third kappa shape index (κ3) is 209. The molecule has 0 amide bonds. The second-order valence-corrected chi connectivity index (χ2v) is 12.7. The predicted molar refractivity (Wildman–Crippen MR) is 46.7 cm³/mol. The summed E-state index contributed by atoms with van der Waals surface area (Å²) in [5.41, 5.74) is 0. The van der Waals surface area contributed by atoms with E-state index in [-0.39, 0.29) is 80.9 Å². The van der Waals surface area contributed by atoms with Gasteiger partial charge in [0.1, 0.15) is 0 Å². The van der Waals surface area contributed by atoms with Crippen LogP contribution in [0.4, 0.5) is 0 Å². The van der Waals surface area contributed by atoms with Crippen LogP contribution in [0, 0.1) is 0 Å². The van der Waals surface area contributed by atoms with Crippen molar-refractivity contribution in [3.63, 3.8) is 0 Å². The van der Waals surface area contributed by atoms with Crippen LogP contribution in [0.5, 0.6) is 0 Å². The summed E-state index contributed by atoms with van der Waals surface area (Å²) in [5.74, 6) is 0. The summed E-state index contributed by atoms with van der Waals surface area (Å²) in [4.78, 5) is 20.5. The Hall–Kier alpha value is 2.99. The zero-order valence-electron chi connectivity index (χ0n) is 9.82. The van der Waals surface area contributed by atoms with Crippen LogP contribution < -0.4 is 90.5 Å². The summed E-state index contributed by atoms with van der Waals surface area (Å²) < 4.78 is 0. The fourth-order valence-electron chi connectivity index (χ4n) is 0. The van der Waals surface area contributed by atoms with Crippen molar-refractivity contribution < 1.29 is 90.5 Å². The first kappa shape index (κ1) is 24.3. The smallest absolute Gasteiger partial charge is 0.859 e. The van der Waals surface area contributed by atoms with Crippen LogP contribution in [0.15, 0.2) is 0 Å². The van der Waals surface area contributed by atoms with E-state index in [9.17, 15) is 9.59 Å². The Morgan fingerprint density at radius 3 is 0.667 bits per heavy atom. The average molecular weight is 240 g/mol. The van der Waals surface area contributed by atoms with E-state index in [4.69, 9.17) is 0 Å². The van der Waals surface area contributed by atoms with Crippen LogP contribution in [0.1, 0.15) is 0 Å². The van der Waals surface area contributed by atoms with Gasteiger partial charge in [0.15, 0.2) is 0 Å². The minimum Gasteiger partial charge on any atom is -0.859 e. The Balaban J connectivity index is -0.0000000457. The van der Waals surface area contributed by atoms with Gasteiger partial charge >= 0.3 is 80.9 Å². The molecule has 0 rings (SSSR count). The first-order valence-corrected chi connectivity index (χ1v) is 10.2. The Bertz CT molecular complexity index is 66.5. The minimum atomic E-state index is -1.86. The van der Waals surface area contributed by atoms with Crippen molar-refractivity contribution in [2.24, 2.45) is 0 Å². The van der Waals surface area contributed by atoms with Gasteiger partial charge in [0.05, 0.1) is 0 Å². The zero-order chi connectivity index (χ0) is 9.00. The standard InChI is InChI=1S/2C3H9OSi.K.Na/c2*1-5(2,3)4;;/h2*1-3H3;;/q2*-1;2*+1. The minimum absolute atomic E-state index is 0. The van der Waals surface area contributed by atoms with E-state index in [2.05, 4.69) is 0 Å². The quantitative estimate of drug-likeness (QED) is 0.396. The molecule has 0 fully saturated rings. The van der Waals surface area contributed by atoms with Crippen molar-refractivity contribution in [3.8, 4) is 0 Å². The molecule has 0 aromatic carbocycles. The maximum Gasteiger partial charge on any atom is 1.00 e. The van der Waals surface area contributed by atoms with Crippen molar-refractivity contribution in [1.29, 1.82) is 0 Å². The molecule has 0 aliphatic carbocycles. The third-order valence-corrected chi connectivity index (χ3v) is 0. The topological polar surface area (TPSA) is 46.1 Å². The van der Waals surface area contributed by atoms with Gasteiger partial charge in [-0.25, -0.2) is 0 Å². The summed E-state index contributed by atoms with van der Waals surface area (Å²) >= 11 is 0. The molecule has 0 spiro atoms. The van der Waals surface area contributed by atoms with Gasteiger partial charge in [0, 0.05) is 0 Å². The first-order chi connectivity index (χ1) is 4.00. The van der Waals surface area contributed by atoms with E-state index < -0.39 is 16.6 Å². The van der Waals surface area contributed by atoms with Gasteiger partial charge in [-0.05, 0) is 0 Å². The number of hydrogen-bond acceptors (Lipinski definition) is 2. The molecule has 64 valence electrons. The van der Waals surface area contributed by atoms with Gasteiger partial charge in [0.25, 0.3) is 0 Å². The predicted octanol–water partition coefficient (Wildman–Crippen LogP) is -5.63. The molecule has 0 aliphatic rings. The van der Waals surface area contributed by atoms with Crippen LogP contribution in [-0.2, 0) is 0 Å². The fourth-order valence-corrected chi connectivity index (χ4v) is 0. The molecule has 0 saturated carbocycles. The van der Waals surface area contributed by atoms with E-state index >= 15 is 0 Å². The maximum atomic E-state index is 10.2. The second-order valence-electron chi connectivity index (χ2n) is 4.22. The molecular formula is C6H18KNaO2Si2. The molecule has 0 unspecified atom stereocenters. The largest absolute Gasteiger partial charge is 1.00 e. The molecule has 6 heteroatoms. The van der Waals surface area contributed by atoms with Gasteiger partial charge < -0.3 is 9.59 Å². The number of rotatable bonds is 0. The molecule has 12 heavy (non-hydrogen) atoms. The SMILES string of the molecule is C[Si](C)(C)[O-].C[Si](C)(C)[O-].[K+].[Na+]. The van der Waals surface area contributed by atoms with Crippen molar-refractivity contribution in [3.05, 3.63) is 0 Å². The van der Waals surface area contributed by atoms with Crippen LogP contribution in [0.3, 0.4) is 0 Å². The second kappa shape index (κ2) is 10.5. The van der Waals surface area contributed by atoms with Crippen molar-refractivity contribution in [2.45, 2.75) is 39.3 Å². The molecule has 0 radical (unpaired) electrons. The van der Waals surface area contributed by atoms with E-state index in [1.54, 1.807) is 39.3 Å². The monoisotopic (exact) mass is 240 g/mol. The van der Waals surface area contributed by atoms with Gasteiger partial charge in [-0.3, -0.25) is 0 Å². The molecule has 0 atom stereocenters. The van der Waals surface area contributed by atoms with Crippen molar-refractivity contribution in [1.82, 2.24) is 0 Å². The zero-order valence-corrected chi connectivity index (χ0v) is 16.9.